The van der Waals surface area contributed by atoms with Crippen molar-refractivity contribution in [2.75, 3.05) is 5.32 Å². The molecule has 134 valence electrons. The Morgan fingerprint density at radius 1 is 1.15 bits per heavy atom. The quantitative estimate of drug-likeness (QED) is 0.493. The van der Waals surface area contributed by atoms with Crippen LogP contribution in [0.4, 0.5) is 5.13 Å². The van der Waals surface area contributed by atoms with Crippen molar-refractivity contribution in [1.82, 2.24) is 9.97 Å². The van der Waals surface area contributed by atoms with Gasteiger partial charge in [0.1, 0.15) is 0 Å². The molecule has 1 fully saturated rings. The normalized spacial score (nSPS) is 14.0. The zero-order chi connectivity index (χ0) is 18.5. The highest BCUT2D eigenvalue weighted by molar-refractivity contribution is 7.22. The molecule has 0 bridgehead atoms. The van der Waals surface area contributed by atoms with Crippen molar-refractivity contribution >= 4 is 49.3 Å². The number of nitrogens with one attached hydrogen (secondary N) is 2. The van der Waals surface area contributed by atoms with E-state index in [1.54, 1.807) is 13.1 Å². The lowest BCUT2D eigenvalue weighted by molar-refractivity contribution is -0.117. The van der Waals surface area contributed by atoms with E-state index in [4.69, 9.17) is 0 Å². The van der Waals surface area contributed by atoms with E-state index in [2.05, 4.69) is 21.4 Å². The number of aromatic nitrogens is 2. The van der Waals surface area contributed by atoms with Gasteiger partial charge < -0.3 is 10.3 Å². The first kappa shape index (κ1) is 16.2. The Labute approximate surface area is 159 Å². The second-order valence-corrected chi connectivity index (χ2v) is 8.01. The third-order valence-electron chi connectivity index (χ3n) is 4.96. The maximum absolute atomic E-state index is 12.0. The number of anilines is 1. The number of nitrogens with zero attached hydrogens (tertiary/aromatic N) is 1. The summed E-state index contributed by atoms with van der Waals surface area (Å²) < 4.78 is 1.03. The SMILES string of the molecule is CC(=O)c1c[nH]c2ccc(-c3ccc4nc(NC(=O)C5CC5)sc4c3)cc12. The summed E-state index contributed by atoms with van der Waals surface area (Å²) in [6, 6.07) is 12.2. The first-order valence-corrected chi connectivity index (χ1v) is 9.74. The van der Waals surface area contributed by atoms with Gasteiger partial charge in [0.05, 0.1) is 10.2 Å². The molecular formula is C21H17N3O2S. The van der Waals surface area contributed by atoms with E-state index in [9.17, 15) is 9.59 Å². The number of benzene rings is 2. The molecule has 0 aliphatic heterocycles. The standard InChI is InChI=1S/C21H17N3O2S/c1-11(25)16-10-22-17-6-4-13(8-15(16)17)14-5-7-18-19(9-14)27-21(23-18)24-20(26)12-2-3-12/h4-10,12,22H,2-3H2,1H3,(H,23,24,26). The zero-order valence-corrected chi connectivity index (χ0v) is 15.5. The molecule has 1 amide bonds. The van der Waals surface area contributed by atoms with E-state index >= 15 is 0 Å². The Balaban J connectivity index is 1.52. The van der Waals surface area contributed by atoms with Gasteiger partial charge in [-0.15, -0.1) is 0 Å². The number of hydrogen-bond acceptors (Lipinski definition) is 4. The molecule has 2 aromatic heterocycles. The van der Waals surface area contributed by atoms with Crippen LogP contribution in [-0.4, -0.2) is 21.7 Å². The molecule has 0 saturated heterocycles. The molecule has 1 aliphatic carbocycles. The van der Waals surface area contributed by atoms with Crippen molar-refractivity contribution in [3.63, 3.8) is 0 Å². The number of ketones is 1. The number of carbonyl (C=O) groups is 2. The van der Waals surface area contributed by atoms with E-state index in [-0.39, 0.29) is 17.6 Å². The topological polar surface area (TPSA) is 74.8 Å². The minimum Gasteiger partial charge on any atom is -0.360 e. The molecule has 0 spiro atoms. The number of H-pyrrole nitrogens is 1. The summed E-state index contributed by atoms with van der Waals surface area (Å²) in [5.41, 5.74) is 4.64. The van der Waals surface area contributed by atoms with Gasteiger partial charge in [0.25, 0.3) is 0 Å². The van der Waals surface area contributed by atoms with Gasteiger partial charge in [-0.25, -0.2) is 4.98 Å². The summed E-state index contributed by atoms with van der Waals surface area (Å²) in [5, 5.41) is 4.50. The molecule has 1 aliphatic rings. The highest BCUT2D eigenvalue weighted by Gasteiger charge is 2.30. The highest BCUT2D eigenvalue weighted by Crippen LogP contribution is 2.34. The van der Waals surface area contributed by atoms with E-state index < -0.39 is 0 Å². The zero-order valence-electron chi connectivity index (χ0n) is 14.7. The van der Waals surface area contributed by atoms with Crippen LogP contribution < -0.4 is 5.32 Å². The van der Waals surface area contributed by atoms with Crippen molar-refractivity contribution < 1.29 is 9.59 Å². The largest absolute Gasteiger partial charge is 0.360 e. The molecule has 2 N–H and O–H groups in total. The van der Waals surface area contributed by atoms with Crippen molar-refractivity contribution in [2.45, 2.75) is 19.8 Å². The number of fused-ring (bicyclic) bond motifs is 2. The average Bonchev–Trinajstić information content (AvgIpc) is 3.30. The fraction of sp³-hybridized carbons (Fsp3) is 0.190. The van der Waals surface area contributed by atoms with Crippen LogP contribution in [0, 0.1) is 5.92 Å². The molecule has 27 heavy (non-hydrogen) atoms. The molecule has 0 atom stereocenters. The lowest BCUT2D eigenvalue weighted by Gasteiger charge is -2.03. The summed E-state index contributed by atoms with van der Waals surface area (Å²) in [7, 11) is 0. The number of carbonyl (C=O) groups excluding carboxylic acids is 2. The minimum absolute atomic E-state index is 0.0485. The molecule has 5 nitrogen and oxygen atoms in total. The molecule has 2 heterocycles. The van der Waals surface area contributed by atoms with Crippen LogP contribution in [0.1, 0.15) is 30.1 Å². The van der Waals surface area contributed by atoms with Crippen LogP contribution in [-0.2, 0) is 4.79 Å². The Morgan fingerprint density at radius 3 is 2.70 bits per heavy atom. The Hall–Kier alpha value is -2.99. The molecule has 4 aromatic rings. The van der Waals surface area contributed by atoms with Crippen LogP contribution in [0.25, 0.3) is 32.2 Å². The molecule has 0 radical (unpaired) electrons. The average molecular weight is 375 g/mol. The molecule has 5 rings (SSSR count). The lowest BCUT2D eigenvalue weighted by Crippen LogP contribution is -2.12. The van der Waals surface area contributed by atoms with Crippen molar-refractivity contribution in [3.05, 3.63) is 48.2 Å². The van der Waals surface area contributed by atoms with Crippen LogP contribution >= 0.6 is 11.3 Å². The summed E-state index contributed by atoms with van der Waals surface area (Å²) in [6.45, 7) is 1.58. The number of hydrogen-bond donors (Lipinski definition) is 2. The number of Topliss-reactive ketones (excluding diaryl/α,β-unsaturated/α-hetero) is 1. The minimum atomic E-state index is 0.0485. The summed E-state index contributed by atoms with van der Waals surface area (Å²) in [6.07, 6.45) is 3.72. The lowest BCUT2D eigenvalue weighted by atomic mass is 10.0. The summed E-state index contributed by atoms with van der Waals surface area (Å²) >= 11 is 1.49. The fourth-order valence-corrected chi connectivity index (χ4v) is 4.21. The highest BCUT2D eigenvalue weighted by atomic mass is 32.1. The predicted molar refractivity (Wildman–Crippen MR) is 108 cm³/mol. The Morgan fingerprint density at radius 2 is 1.93 bits per heavy atom. The maximum Gasteiger partial charge on any atom is 0.229 e. The van der Waals surface area contributed by atoms with Gasteiger partial charge in [0.2, 0.25) is 5.91 Å². The van der Waals surface area contributed by atoms with Crippen molar-refractivity contribution in [2.24, 2.45) is 5.92 Å². The van der Waals surface area contributed by atoms with Crippen LogP contribution in [0.2, 0.25) is 0 Å². The third kappa shape index (κ3) is 2.92. The second-order valence-electron chi connectivity index (χ2n) is 6.98. The third-order valence-corrected chi connectivity index (χ3v) is 5.89. The van der Waals surface area contributed by atoms with Gasteiger partial charge in [-0.2, -0.15) is 0 Å². The van der Waals surface area contributed by atoms with E-state index in [0.717, 1.165) is 45.1 Å². The van der Waals surface area contributed by atoms with Gasteiger partial charge >= 0.3 is 0 Å². The van der Waals surface area contributed by atoms with E-state index in [1.807, 2.05) is 30.3 Å². The van der Waals surface area contributed by atoms with E-state index in [1.165, 1.54) is 11.3 Å². The van der Waals surface area contributed by atoms with Crippen molar-refractivity contribution in [1.29, 1.82) is 0 Å². The molecule has 2 aromatic carbocycles. The van der Waals surface area contributed by atoms with Crippen molar-refractivity contribution in [3.8, 4) is 11.1 Å². The van der Waals surface area contributed by atoms with Crippen LogP contribution in [0.5, 0.6) is 0 Å². The van der Waals surface area contributed by atoms with Gasteiger partial charge in [-0.1, -0.05) is 23.5 Å². The summed E-state index contributed by atoms with van der Waals surface area (Å²) in [5.74, 6) is 0.285. The number of aromatic amines is 1. The van der Waals surface area contributed by atoms with Gasteiger partial charge in [-0.05, 0) is 55.2 Å². The second kappa shape index (κ2) is 6.03. The monoisotopic (exact) mass is 375 g/mol. The maximum atomic E-state index is 12.0. The van der Waals surface area contributed by atoms with Gasteiger partial charge in [0, 0.05) is 28.6 Å². The molecule has 1 saturated carbocycles. The Bertz CT molecular complexity index is 1220. The number of rotatable bonds is 4. The number of amides is 1. The van der Waals surface area contributed by atoms with Gasteiger partial charge in [0.15, 0.2) is 10.9 Å². The molecule has 6 heteroatoms. The number of thiazole rings is 1. The Kier molecular flexibility index (Phi) is 3.62. The predicted octanol–water partition coefficient (Wildman–Crippen LogP) is 5.00. The van der Waals surface area contributed by atoms with Crippen LogP contribution in [0.15, 0.2) is 42.6 Å². The molecular weight excluding hydrogens is 358 g/mol. The fourth-order valence-electron chi connectivity index (χ4n) is 3.30. The molecule has 0 unspecified atom stereocenters. The van der Waals surface area contributed by atoms with Gasteiger partial charge in [-0.3, -0.25) is 9.59 Å². The first-order valence-electron chi connectivity index (χ1n) is 8.92. The smallest absolute Gasteiger partial charge is 0.229 e. The van der Waals surface area contributed by atoms with E-state index in [0.29, 0.717) is 10.7 Å². The first-order chi connectivity index (χ1) is 13.1. The summed E-state index contributed by atoms with van der Waals surface area (Å²) in [4.78, 5) is 31.4. The van der Waals surface area contributed by atoms with Crippen LogP contribution in [0.3, 0.4) is 0 Å².